The fraction of sp³-hybridized carbons (Fsp3) is 0.172. The molecule has 0 saturated carbocycles. The van der Waals surface area contributed by atoms with E-state index in [1.54, 1.807) is 0 Å². The van der Waals surface area contributed by atoms with Crippen molar-refractivity contribution >= 4 is 50.4 Å². The van der Waals surface area contributed by atoms with Gasteiger partial charge in [0, 0.05) is 26.2 Å². The van der Waals surface area contributed by atoms with Crippen LogP contribution in [0.4, 0.5) is 0 Å². The van der Waals surface area contributed by atoms with Crippen LogP contribution in [0, 0.1) is 6.07 Å². The molecule has 6 rings (SSSR count). The maximum absolute atomic E-state index is 10.0. The van der Waals surface area contributed by atoms with Gasteiger partial charge in [-0.05, 0) is 13.8 Å². The minimum absolute atomic E-state index is 0. The number of rotatable bonds is 1. The summed E-state index contributed by atoms with van der Waals surface area (Å²) < 4.78 is 2.96. The van der Waals surface area contributed by atoms with E-state index in [2.05, 4.69) is 74.5 Å². The Morgan fingerprint density at radius 2 is 1.76 bits per heavy atom. The molecule has 0 spiro atoms. The van der Waals surface area contributed by atoms with Gasteiger partial charge in [-0.15, -0.1) is 0 Å². The van der Waals surface area contributed by atoms with Crippen LogP contribution in [0.25, 0.3) is 41.3 Å². The Balaban J connectivity index is 0.000000303. The molecule has 2 aromatic heterocycles. The second-order valence-corrected chi connectivity index (χ2v) is 11.2. The van der Waals surface area contributed by atoms with Crippen LogP contribution in [0.15, 0.2) is 72.6 Å². The second-order valence-electron chi connectivity index (χ2n) is 8.96. The van der Waals surface area contributed by atoms with Crippen LogP contribution in [0.3, 0.4) is 0 Å². The number of aliphatic hydroxyl groups excluding tert-OH is 1. The number of hydrogen-bond donors (Lipinski definition) is 1. The first kappa shape index (κ1) is 24.6. The Kier molecular flexibility index (Phi) is 6.68. The molecular weight excluding hydrogens is 666 g/mol. The Hall–Kier alpha value is -2.55. The molecule has 2 heterocycles. The SMILES string of the molecule is CC(=O)/C=C(/C)O.CC1(C)c2c(ncc3ccccc23)-c2[c-]ccc3[se]c4cccc1c4c23.[Ir]. The zero-order valence-corrected chi connectivity index (χ0v) is 23.5. The molecule has 1 radical (unpaired) electrons. The van der Waals surface area contributed by atoms with Crippen molar-refractivity contribution in [2.75, 3.05) is 0 Å². The average molecular weight is 690 g/mol. The molecule has 1 aliphatic rings. The third-order valence-electron chi connectivity index (χ3n) is 6.20. The summed E-state index contributed by atoms with van der Waals surface area (Å²) in [6.45, 7) is 7.56. The van der Waals surface area contributed by atoms with Crippen molar-refractivity contribution in [3.8, 4) is 11.3 Å². The topological polar surface area (TPSA) is 50.2 Å². The van der Waals surface area contributed by atoms with Crippen molar-refractivity contribution in [1.82, 2.24) is 4.98 Å². The molecule has 0 unspecified atom stereocenters. The number of ketones is 1. The quantitative estimate of drug-likeness (QED) is 0.0919. The molecule has 173 valence electrons. The molecule has 34 heavy (non-hydrogen) atoms. The summed E-state index contributed by atoms with van der Waals surface area (Å²) in [6.07, 6.45) is 3.19. The van der Waals surface area contributed by atoms with Gasteiger partial charge in [-0.2, -0.15) is 0 Å². The summed E-state index contributed by atoms with van der Waals surface area (Å²) >= 11 is 0.370. The summed E-state index contributed by atoms with van der Waals surface area (Å²) in [5.41, 5.74) is 4.93. The molecule has 3 aromatic carbocycles. The van der Waals surface area contributed by atoms with Crippen molar-refractivity contribution in [3.05, 3.63) is 89.8 Å². The largest absolute Gasteiger partial charge is 0 e. The van der Waals surface area contributed by atoms with E-state index in [1.165, 1.54) is 66.7 Å². The maximum atomic E-state index is 10.0. The predicted molar refractivity (Wildman–Crippen MR) is 137 cm³/mol. The van der Waals surface area contributed by atoms with E-state index in [0.717, 1.165) is 5.69 Å². The Morgan fingerprint density at radius 1 is 1.03 bits per heavy atom. The number of benzene rings is 3. The van der Waals surface area contributed by atoms with Crippen LogP contribution in [0.5, 0.6) is 0 Å². The first-order valence-corrected chi connectivity index (χ1v) is 12.6. The number of carbonyl (C=O) groups excluding carboxylic acids is 1. The van der Waals surface area contributed by atoms with Gasteiger partial charge >= 0.3 is 158 Å². The summed E-state index contributed by atoms with van der Waals surface area (Å²) in [5, 5.41) is 13.7. The molecule has 0 aliphatic heterocycles. The Labute approximate surface area is 218 Å². The van der Waals surface area contributed by atoms with Gasteiger partial charge < -0.3 is 5.11 Å². The molecule has 5 aromatic rings. The molecule has 3 nitrogen and oxygen atoms in total. The van der Waals surface area contributed by atoms with E-state index in [-0.39, 0.29) is 37.1 Å². The zero-order chi connectivity index (χ0) is 23.3. The molecule has 5 heteroatoms. The van der Waals surface area contributed by atoms with Crippen molar-refractivity contribution in [3.63, 3.8) is 0 Å². The predicted octanol–water partition coefficient (Wildman–Crippen LogP) is 6.74. The van der Waals surface area contributed by atoms with Crippen molar-refractivity contribution in [1.29, 1.82) is 0 Å². The number of allylic oxidation sites excluding steroid dienone is 2. The normalized spacial score (nSPS) is 13.7. The van der Waals surface area contributed by atoms with Crippen LogP contribution in [0.1, 0.15) is 38.8 Å². The zero-order valence-electron chi connectivity index (χ0n) is 19.4. The maximum Gasteiger partial charge on any atom is 0 e. The summed E-state index contributed by atoms with van der Waals surface area (Å²) in [5.74, 6) is -0.0625. The Morgan fingerprint density at radius 3 is 2.47 bits per heavy atom. The fourth-order valence-corrected chi connectivity index (χ4v) is 7.32. The van der Waals surface area contributed by atoms with E-state index in [1.807, 2.05) is 6.20 Å². The first-order chi connectivity index (χ1) is 15.8. The monoisotopic (exact) mass is 691 g/mol. The average Bonchev–Trinajstić information content (AvgIpc) is 3.12. The molecule has 0 amide bonds. The molecule has 1 aliphatic carbocycles. The smallest absolute Gasteiger partial charge is 0 e. The van der Waals surface area contributed by atoms with Crippen LogP contribution >= 0.6 is 0 Å². The minimum atomic E-state index is -0.125. The van der Waals surface area contributed by atoms with Crippen LogP contribution in [0.2, 0.25) is 0 Å². The van der Waals surface area contributed by atoms with Gasteiger partial charge in [-0.3, -0.25) is 4.79 Å². The minimum Gasteiger partial charge on any atom is 0 e. The third-order valence-corrected chi connectivity index (χ3v) is 8.55. The van der Waals surface area contributed by atoms with Gasteiger partial charge in [-0.1, -0.05) is 0 Å². The fourth-order valence-electron chi connectivity index (χ4n) is 4.93. The van der Waals surface area contributed by atoms with E-state index in [0.29, 0.717) is 14.5 Å². The van der Waals surface area contributed by atoms with Gasteiger partial charge in [0.05, 0.1) is 5.76 Å². The third kappa shape index (κ3) is 3.97. The summed E-state index contributed by atoms with van der Waals surface area (Å²) in [4.78, 5) is 15.0. The van der Waals surface area contributed by atoms with Crippen LogP contribution in [-0.2, 0) is 30.3 Å². The van der Waals surface area contributed by atoms with E-state index in [4.69, 9.17) is 10.1 Å². The molecule has 0 saturated heterocycles. The summed E-state index contributed by atoms with van der Waals surface area (Å²) in [6, 6.07) is 23.4. The number of hydrogen-bond acceptors (Lipinski definition) is 3. The first-order valence-electron chi connectivity index (χ1n) is 10.9. The van der Waals surface area contributed by atoms with Crippen molar-refractivity contribution in [2.45, 2.75) is 33.1 Å². The number of nitrogens with zero attached hydrogens (tertiary/aromatic N) is 1. The molecular formula is C29H24IrNO2Se-. The number of pyridine rings is 1. The summed E-state index contributed by atoms with van der Waals surface area (Å²) in [7, 11) is 0. The van der Waals surface area contributed by atoms with Gasteiger partial charge in [0.25, 0.3) is 0 Å². The van der Waals surface area contributed by atoms with E-state index >= 15 is 0 Å². The van der Waals surface area contributed by atoms with E-state index in [9.17, 15) is 4.79 Å². The Bertz CT molecular complexity index is 1590. The van der Waals surface area contributed by atoms with Gasteiger partial charge in [0.2, 0.25) is 0 Å². The number of aromatic nitrogens is 1. The van der Waals surface area contributed by atoms with Crippen LogP contribution < -0.4 is 0 Å². The van der Waals surface area contributed by atoms with E-state index < -0.39 is 0 Å². The molecule has 0 fully saturated rings. The second kappa shape index (κ2) is 9.24. The number of fused-ring (bicyclic) bond motifs is 4. The standard InChI is InChI=1S/C24H16NSe.C5H8O2.Ir/c1-24(2)17-10-6-12-19-21(17)20-16(9-5-11-18(20)26-19)23-22(24)15-8-4-3-7-14(15)13-25-23;1-4(6)3-5(2)7;/h3-8,10-13H,1-2H3;3,6H,1-2H3;/q-1;;/b;4-3-;. The van der Waals surface area contributed by atoms with Crippen molar-refractivity contribution in [2.24, 2.45) is 0 Å². The molecule has 0 bridgehead atoms. The van der Waals surface area contributed by atoms with Crippen LogP contribution in [-0.4, -0.2) is 30.4 Å². The molecule has 0 atom stereocenters. The number of aliphatic hydroxyl groups is 1. The number of carbonyl (C=O) groups is 1. The van der Waals surface area contributed by atoms with Gasteiger partial charge in [0.1, 0.15) is 0 Å². The van der Waals surface area contributed by atoms with Crippen molar-refractivity contribution < 1.29 is 30.0 Å². The van der Waals surface area contributed by atoms with Gasteiger partial charge in [0.15, 0.2) is 5.78 Å². The van der Waals surface area contributed by atoms with Gasteiger partial charge in [-0.25, -0.2) is 0 Å². The molecule has 1 N–H and O–H groups in total.